The number of hydrogen-bond donors (Lipinski definition) is 0. The highest BCUT2D eigenvalue weighted by atomic mass is 79.9. The first-order valence-electron chi connectivity index (χ1n) is 6.82. The number of alkyl halides is 1. The van der Waals surface area contributed by atoms with Crippen molar-refractivity contribution in [3.05, 3.63) is 30.1 Å². The van der Waals surface area contributed by atoms with Crippen LogP contribution in [0.15, 0.2) is 24.4 Å². The SMILES string of the molecule is CC(c1ccccn1)C(Br)CC1CCCCC1. The third-order valence-corrected chi connectivity index (χ3v) is 5.15. The first kappa shape index (κ1) is 13.1. The van der Waals surface area contributed by atoms with E-state index in [1.165, 1.54) is 44.2 Å². The van der Waals surface area contributed by atoms with Crippen molar-refractivity contribution >= 4 is 15.9 Å². The molecule has 94 valence electrons. The highest BCUT2D eigenvalue weighted by Gasteiger charge is 2.22. The minimum absolute atomic E-state index is 0.512. The first-order valence-corrected chi connectivity index (χ1v) is 7.74. The molecule has 1 saturated carbocycles. The molecule has 2 heteroatoms. The maximum Gasteiger partial charge on any atom is 0.0442 e. The smallest absolute Gasteiger partial charge is 0.0442 e. The van der Waals surface area contributed by atoms with Crippen LogP contribution in [0.1, 0.15) is 57.1 Å². The van der Waals surface area contributed by atoms with Crippen molar-refractivity contribution in [3.63, 3.8) is 0 Å². The highest BCUT2D eigenvalue weighted by molar-refractivity contribution is 9.09. The van der Waals surface area contributed by atoms with Gasteiger partial charge in [0, 0.05) is 22.6 Å². The minimum atomic E-state index is 0.512. The molecule has 1 fully saturated rings. The van der Waals surface area contributed by atoms with Crippen molar-refractivity contribution in [3.8, 4) is 0 Å². The highest BCUT2D eigenvalue weighted by Crippen LogP contribution is 2.34. The van der Waals surface area contributed by atoms with Crippen molar-refractivity contribution in [2.24, 2.45) is 5.92 Å². The van der Waals surface area contributed by atoms with Crippen molar-refractivity contribution < 1.29 is 0 Å². The van der Waals surface area contributed by atoms with Gasteiger partial charge in [0.1, 0.15) is 0 Å². The van der Waals surface area contributed by atoms with E-state index in [4.69, 9.17) is 0 Å². The van der Waals surface area contributed by atoms with E-state index in [2.05, 4.69) is 40.0 Å². The second-order valence-electron chi connectivity index (χ2n) is 5.30. The summed E-state index contributed by atoms with van der Waals surface area (Å²) in [5, 5.41) is 0. The molecule has 2 atom stereocenters. The maximum atomic E-state index is 4.46. The molecule has 1 aromatic rings. The van der Waals surface area contributed by atoms with Crippen LogP contribution in [-0.2, 0) is 0 Å². The average Bonchev–Trinajstić information content (AvgIpc) is 2.40. The van der Waals surface area contributed by atoms with Gasteiger partial charge in [0.15, 0.2) is 0 Å². The van der Waals surface area contributed by atoms with Crippen molar-refractivity contribution in [2.45, 2.75) is 56.2 Å². The molecule has 0 bridgehead atoms. The predicted molar refractivity (Wildman–Crippen MR) is 76.6 cm³/mol. The summed E-state index contributed by atoms with van der Waals surface area (Å²) < 4.78 is 0. The van der Waals surface area contributed by atoms with E-state index >= 15 is 0 Å². The Labute approximate surface area is 113 Å². The fourth-order valence-corrected chi connectivity index (χ4v) is 3.58. The topological polar surface area (TPSA) is 12.9 Å². The minimum Gasteiger partial charge on any atom is -0.261 e. The maximum absolute atomic E-state index is 4.46. The Morgan fingerprint density at radius 1 is 1.29 bits per heavy atom. The average molecular weight is 296 g/mol. The lowest BCUT2D eigenvalue weighted by molar-refractivity contribution is 0.330. The molecule has 0 saturated heterocycles. The van der Waals surface area contributed by atoms with Gasteiger partial charge in [-0.05, 0) is 24.5 Å². The lowest BCUT2D eigenvalue weighted by Crippen LogP contribution is -2.17. The summed E-state index contributed by atoms with van der Waals surface area (Å²) in [7, 11) is 0. The van der Waals surface area contributed by atoms with E-state index in [1.807, 2.05) is 12.3 Å². The molecule has 1 heterocycles. The van der Waals surface area contributed by atoms with E-state index in [0.29, 0.717) is 10.7 Å². The number of rotatable bonds is 4. The van der Waals surface area contributed by atoms with E-state index < -0.39 is 0 Å². The molecule has 17 heavy (non-hydrogen) atoms. The van der Waals surface area contributed by atoms with Gasteiger partial charge in [-0.1, -0.05) is 61.0 Å². The van der Waals surface area contributed by atoms with Gasteiger partial charge in [-0.15, -0.1) is 0 Å². The number of nitrogens with zero attached hydrogens (tertiary/aromatic N) is 1. The zero-order chi connectivity index (χ0) is 12.1. The third kappa shape index (κ3) is 3.80. The molecule has 1 aromatic heterocycles. The largest absolute Gasteiger partial charge is 0.261 e. The zero-order valence-electron chi connectivity index (χ0n) is 10.6. The van der Waals surface area contributed by atoms with Gasteiger partial charge < -0.3 is 0 Å². The Balaban J connectivity index is 1.88. The molecular formula is C15H22BrN. The van der Waals surface area contributed by atoms with Crippen LogP contribution in [0, 0.1) is 5.92 Å². The van der Waals surface area contributed by atoms with Crippen LogP contribution in [0.4, 0.5) is 0 Å². The van der Waals surface area contributed by atoms with E-state index in [0.717, 1.165) is 5.92 Å². The van der Waals surface area contributed by atoms with Crippen molar-refractivity contribution in [1.29, 1.82) is 0 Å². The zero-order valence-corrected chi connectivity index (χ0v) is 12.2. The molecule has 1 nitrogen and oxygen atoms in total. The van der Waals surface area contributed by atoms with Gasteiger partial charge in [-0.2, -0.15) is 0 Å². The predicted octanol–water partition coefficient (Wildman–Crippen LogP) is 4.92. The van der Waals surface area contributed by atoms with Crippen LogP contribution in [0.25, 0.3) is 0 Å². The monoisotopic (exact) mass is 295 g/mol. The molecule has 0 radical (unpaired) electrons. The summed E-state index contributed by atoms with van der Waals surface area (Å²) in [6, 6.07) is 6.21. The van der Waals surface area contributed by atoms with Crippen molar-refractivity contribution in [2.75, 3.05) is 0 Å². The summed E-state index contributed by atoms with van der Waals surface area (Å²) in [5.41, 5.74) is 1.21. The van der Waals surface area contributed by atoms with Gasteiger partial charge in [0.2, 0.25) is 0 Å². The quantitative estimate of drug-likeness (QED) is 0.719. The number of aromatic nitrogens is 1. The Hall–Kier alpha value is -0.370. The lowest BCUT2D eigenvalue weighted by atomic mass is 9.84. The normalized spacial score (nSPS) is 21.1. The third-order valence-electron chi connectivity index (χ3n) is 3.98. The summed E-state index contributed by atoms with van der Waals surface area (Å²) >= 11 is 3.88. The fraction of sp³-hybridized carbons (Fsp3) is 0.667. The van der Waals surface area contributed by atoms with Crippen LogP contribution in [-0.4, -0.2) is 9.81 Å². The molecule has 1 aliphatic carbocycles. The van der Waals surface area contributed by atoms with Gasteiger partial charge in [0.05, 0.1) is 0 Å². The number of hydrogen-bond acceptors (Lipinski definition) is 1. The molecule has 1 aliphatic rings. The standard InChI is InChI=1S/C15H22BrN/c1-12(15-9-5-6-10-17-15)14(16)11-13-7-3-2-4-8-13/h5-6,9-10,12-14H,2-4,7-8,11H2,1H3. The molecular weight excluding hydrogens is 274 g/mol. The molecule has 2 unspecified atom stereocenters. The summed E-state index contributed by atoms with van der Waals surface area (Å²) in [6.07, 6.45) is 10.4. The van der Waals surface area contributed by atoms with E-state index in [9.17, 15) is 0 Å². The molecule has 0 spiro atoms. The summed E-state index contributed by atoms with van der Waals surface area (Å²) in [6.45, 7) is 2.28. The summed E-state index contributed by atoms with van der Waals surface area (Å²) in [4.78, 5) is 5.03. The van der Waals surface area contributed by atoms with Crippen LogP contribution >= 0.6 is 15.9 Å². The van der Waals surface area contributed by atoms with Crippen LogP contribution in [0.3, 0.4) is 0 Å². The number of pyridine rings is 1. The van der Waals surface area contributed by atoms with E-state index in [-0.39, 0.29) is 0 Å². The molecule has 0 aromatic carbocycles. The van der Waals surface area contributed by atoms with Crippen molar-refractivity contribution in [1.82, 2.24) is 4.98 Å². The Kier molecular flexibility index (Phi) is 5.02. The second-order valence-corrected chi connectivity index (χ2v) is 6.48. The molecule has 0 amide bonds. The Bertz CT molecular complexity index is 319. The number of halogens is 1. The Morgan fingerprint density at radius 3 is 2.71 bits per heavy atom. The summed E-state index contributed by atoms with van der Waals surface area (Å²) in [5.74, 6) is 1.44. The van der Waals surface area contributed by atoms with Gasteiger partial charge in [-0.3, -0.25) is 4.98 Å². The van der Waals surface area contributed by atoms with Crippen LogP contribution in [0.2, 0.25) is 0 Å². The van der Waals surface area contributed by atoms with Gasteiger partial charge in [-0.25, -0.2) is 0 Å². The molecule has 0 N–H and O–H groups in total. The van der Waals surface area contributed by atoms with Crippen LogP contribution < -0.4 is 0 Å². The fourth-order valence-electron chi connectivity index (χ4n) is 2.78. The first-order chi connectivity index (χ1) is 8.27. The van der Waals surface area contributed by atoms with E-state index in [1.54, 1.807) is 0 Å². The van der Waals surface area contributed by atoms with Crippen LogP contribution in [0.5, 0.6) is 0 Å². The van der Waals surface area contributed by atoms with Gasteiger partial charge >= 0.3 is 0 Å². The lowest BCUT2D eigenvalue weighted by Gasteiger charge is -2.26. The second kappa shape index (κ2) is 6.53. The molecule has 2 rings (SSSR count). The van der Waals surface area contributed by atoms with Gasteiger partial charge in [0.25, 0.3) is 0 Å². The Morgan fingerprint density at radius 2 is 2.06 bits per heavy atom. The molecule has 0 aliphatic heterocycles.